The van der Waals surface area contributed by atoms with Crippen molar-refractivity contribution in [2.45, 2.75) is 0 Å². The van der Waals surface area contributed by atoms with Gasteiger partial charge in [-0.1, -0.05) is 146 Å². The number of hydrogen-bond acceptors (Lipinski definition) is 2. The van der Waals surface area contributed by atoms with Gasteiger partial charge in [0.1, 0.15) is 0 Å². The standard InChI is InChI=1S/C46H28N2/c1-2-10-32(11-3-1)45-46(37-17-14-29-8-4-5-12-33(29)27-37)47-42-25-21-35(28-43(42)48-45)34-20-22-39-36(26-34)16-15-31-19-23-40-38-13-7-6-9-30(38)18-24-41(40)44(31)39/h1-28H. The molecule has 0 bridgehead atoms. The molecule has 2 nitrogen and oxygen atoms in total. The Hall–Kier alpha value is -6.38. The molecule has 1 aromatic heterocycles. The van der Waals surface area contributed by atoms with Crippen LogP contribution in [0.5, 0.6) is 0 Å². The van der Waals surface area contributed by atoms with E-state index < -0.39 is 0 Å². The molecule has 10 aromatic rings. The quantitative estimate of drug-likeness (QED) is 0.187. The third-order valence-corrected chi connectivity index (χ3v) is 9.79. The second-order valence-electron chi connectivity index (χ2n) is 12.6. The summed E-state index contributed by atoms with van der Waals surface area (Å²) in [4.78, 5) is 10.5. The highest BCUT2D eigenvalue weighted by atomic mass is 14.8. The lowest BCUT2D eigenvalue weighted by Crippen LogP contribution is -1.96. The molecule has 0 unspecified atom stereocenters. The van der Waals surface area contributed by atoms with Gasteiger partial charge in [0.05, 0.1) is 22.4 Å². The highest BCUT2D eigenvalue weighted by Crippen LogP contribution is 2.38. The maximum absolute atomic E-state index is 5.29. The van der Waals surface area contributed by atoms with Gasteiger partial charge in [-0.15, -0.1) is 0 Å². The molecule has 0 amide bonds. The lowest BCUT2D eigenvalue weighted by atomic mass is 9.92. The van der Waals surface area contributed by atoms with Crippen molar-refractivity contribution in [2.75, 3.05) is 0 Å². The summed E-state index contributed by atoms with van der Waals surface area (Å²) < 4.78 is 0. The zero-order chi connectivity index (χ0) is 31.6. The number of fused-ring (bicyclic) bond motifs is 9. The van der Waals surface area contributed by atoms with Crippen LogP contribution in [-0.2, 0) is 0 Å². The minimum absolute atomic E-state index is 0.882. The Bertz CT molecular complexity index is 2890. The predicted octanol–water partition coefficient (Wildman–Crippen LogP) is 12.4. The largest absolute Gasteiger partial charge is 0.244 e. The molecular formula is C46H28N2. The van der Waals surface area contributed by atoms with Gasteiger partial charge >= 0.3 is 0 Å². The lowest BCUT2D eigenvalue weighted by Gasteiger charge is -2.13. The van der Waals surface area contributed by atoms with E-state index in [2.05, 4.69) is 164 Å². The number of nitrogens with zero attached hydrogens (tertiary/aromatic N) is 2. The molecule has 9 aromatic carbocycles. The Kier molecular flexibility index (Phi) is 5.91. The molecule has 0 spiro atoms. The summed E-state index contributed by atoms with van der Waals surface area (Å²) in [5, 5.41) is 12.6. The van der Waals surface area contributed by atoms with Gasteiger partial charge < -0.3 is 0 Å². The van der Waals surface area contributed by atoms with E-state index in [4.69, 9.17) is 9.97 Å². The number of aromatic nitrogens is 2. The first-order valence-corrected chi connectivity index (χ1v) is 16.4. The van der Waals surface area contributed by atoms with Crippen LogP contribution in [0.25, 0.3) is 98.5 Å². The zero-order valence-corrected chi connectivity index (χ0v) is 26.1. The van der Waals surface area contributed by atoms with Crippen molar-refractivity contribution in [1.82, 2.24) is 9.97 Å². The van der Waals surface area contributed by atoms with Crippen LogP contribution in [0, 0.1) is 0 Å². The fraction of sp³-hybridized carbons (Fsp3) is 0. The van der Waals surface area contributed by atoms with Crippen molar-refractivity contribution in [3.63, 3.8) is 0 Å². The van der Waals surface area contributed by atoms with Gasteiger partial charge in [-0.25, -0.2) is 9.97 Å². The van der Waals surface area contributed by atoms with Crippen molar-refractivity contribution in [3.05, 3.63) is 170 Å². The first kappa shape index (κ1) is 26.8. The maximum Gasteiger partial charge on any atom is 0.0973 e. The van der Waals surface area contributed by atoms with Crippen LogP contribution >= 0.6 is 0 Å². The Morgan fingerprint density at radius 2 is 0.854 bits per heavy atom. The molecule has 222 valence electrons. The van der Waals surface area contributed by atoms with Crippen LogP contribution in [0.4, 0.5) is 0 Å². The normalized spacial score (nSPS) is 11.8. The SMILES string of the molecule is c1ccc(-c2nc3cc(-c4ccc5c(ccc6ccc7c8ccccc8ccc7c65)c4)ccc3nc2-c2ccc3ccccc3c2)cc1. The molecule has 0 saturated carbocycles. The Balaban J connectivity index is 1.13. The number of hydrogen-bond donors (Lipinski definition) is 0. The summed E-state index contributed by atoms with van der Waals surface area (Å²) in [7, 11) is 0. The molecule has 0 N–H and O–H groups in total. The molecular weight excluding hydrogens is 581 g/mol. The van der Waals surface area contributed by atoms with E-state index in [0.717, 1.165) is 44.7 Å². The molecule has 0 aliphatic heterocycles. The summed E-state index contributed by atoms with van der Waals surface area (Å²) in [6.45, 7) is 0. The Morgan fingerprint density at radius 3 is 1.77 bits per heavy atom. The topological polar surface area (TPSA) is 25.8 Å². The predicted molar refractivity (Wildman–Crippen MR) is 203 cm³/mol. The fourth-order valence-corrected chi connectivity index (χ4v) is 7.40. The van der Waals surface area contributed by atoms with Gasteiger partial charge in [0.2, 0.25) is 0 Å². The van der Waals surface area contributed by atoms with Crippen LogP contribution in [0.3, 0.4) is 0 Å². The summed E-state index contributed by atoms with van der Waals surface area (Å²) in [6, 6.07) is 60.9. The van der Waals surface area contributed by atoms with Crippen molar-refractivity contribution in [1.29, 1.82) is 0 Å². The summed E-state index contributed by atoms with van der Waals surface area (Å²) in [5.74, 6) is 0. The van der Waals surface area contributed by atoms with E-state index in [1.165, 1.54) is 53.9 Å². The van der Waals surface area contributed by atoms with Crippen molar-refractivity contribution in [2.24, 2.45) is 0 Å². The van der Waals surface area contributed by atoms with Crippen LogP contribution < -0.4 is 0 Å². The average Bonchev–Trinajstić information content (AvgIpc) is 3.16. The van der Waals surface area contributed by atoms with E-state index in [1.807, 2.05) is 6.07 Å². The number of rotatable bonds is 3. The second-order valence-corrected chi connectivity index (χ2v) is 12.6. The molecule has 10 rings (SSSR count). The van der Waals surface area contributed by atoms with Crippen LogP contribution in [0.2, 0.25) is 0 Å². The summed E-state index contributed by atoms with van der Waals surface area (Å²) in [5.41, 5.74) is 7.95. The van der Waals surface area contributed by atoms with Crippen LogP contribution in [0.15, 0.2) is 170 Å². The van der Waals surface area contributed by atoms with Gasteiger partial charge in [-0.2, -0.15) is 0 Å². The van der Waals surface area contributed by atoms with Crippen molar-refractivity contribution >= 4 is 64.9 Å². The van der Waals surface area contributed by atoms with E-state index in [-0.39, 0.29) is 0 Å². The van der Waals surface area contributed by atoms with Crippen molar-refractivity contribution in [3.8, 4) is 33.6 Å². The van der Waals surface area contributed by atoms with Crippen LogP contribution in [0.1, 0.15) is 0 Å². The monoisotopic (exact) mass is 608 g/mol. The fourth-order valence-electron chi connectivity index (χ4n) is 7.40. The molecule has 0 aliphatic rings. The summed E-state index contributed by atoms with van der Waals surface area (Å²) >= 11 is 0. The molecule has 48 heavy (non-hydrogen) atoms. The third kappa shape index (κ3) is 4.27. The first-order chi connectivity index (χ1) is 23.8. The van der Waals surface area contributed by atoms with Gasteiger partial charge in [-0.3, -0.25) is 0 Å². The van der Waals surface area contributed by atoms with Crippen molar-refractivity contribution < 1.29 is 0 Å². The maximum atomic E-state index is 5.29. The smallest absolute Gasteiger partial charge is 0.0973 e. The lowest BCUT2D eigenvalue weighted by molar-refractivity contribution is 1.29. The molecule has 1 heterocycles. The van der Waals surface area contributed by atoms with E-state index in [1.54, 1.807) is 0 Å². The molecule has 0 fully saturated rings. The number of benzene rings is 9. The molecule has 0 aliphatic carbocycles. The average molecular weight is 609 g/mol. The molecule has 0 saturated heterocycles. The first-order valence-electron chi connectivity index (χ1n) is 16.4. The molecule has 0 radical (unpaired) electrons. The minimum atomic E-state index is 0.882. The van der Waals surface area contributed by atoms with E-state index in [0.29, 0.717) is 0 Å². The third-order valence-electron chi connectivity index (χ3n) is 9.79. The minimum Gasteiger partial charge on any atom is -0.244 e. The van der Waals surface area contributed by atoms with Gasteiger partial charge in [0.25, 0.3) is 0 Å². The van der Waals surface area contributed by atoms with E-state index in [9.17, 15) is 0 Å². The zero-order valence-electron chi connectivity index (χ0n) is 26.1. The Morgan fingerprint density at radius 1 is 0.271 bits per heavy atom. The highest BCUT2D eigenvalue weighted by Gasteiger charge is 2.15. The summed E-state index contributed by atoms with van der Waals surface area (Å²) in [6.07, 6.45) is 0. The molecule has 0 atom stereocenters. The van der Waals surface area contributed by atoms with Crippen LogP contribution in [-0.4, -0.2) is 9.97 Å². The van der Waals surface area contributed by atoms with E-state index >= 15 is 0 Å². The second kappa shape index (κ2) is 10.6. The molecule has 2 heteroatoms. The van der Waals surface area contributed by atoms with Gasteiger partial charge in [0.15, 0.2) is 0 Å². The Labute approximate surface area is 277 Å². The van der Waals surface area contributed by atoms with Gasteiger partial charge in [0, 0.05) is 11.1 Å². The van der Waals surface area contributed by atoms with Gasteiger partial charge in [-0.05, 0) is 89.3 Å². The highest BCUT2D eigenvalue weighted by molar-refractivity contribution is 6.24.